The first kappa shape index (κ1) is 19.0. The predicted molar refractivity (Wildman–Crippen MR) is 126 cm³/mol. The average molecular weight is 394 g/mol. The quantitative estimate of drug-likeness (QED) is 0.359. The first-order valence-corrected chi connectivity index (χ1v) is 11.7. The van der Waals surface area contributed by atoms with Crippen molar-refractivity contribution in [2.24, 2.45) is 0 Å². The number of benzene rings is 4. The van der Waals surface area contributed by atoms with Gasteiger partial charge in [0.25, 0.3) is 0 Å². The maximum absolute atomic E-state index is 5.38. The summed E-state index contributed by atoms with van der Waals surface area (Å²) >= 11 is 0. The van der Waals surface area contributed by atoms with Crippen molar-refractivity contribution in [3.05, 3.63) is 121 Å². The molecular formula is C27H23OP. The molecule has 0 aliphatic rings. The van der Waals surface area contributed by atoms with Gasteiger partial charge in [-0.2, -0.15) is 0 Å². The van der Waals surface area contributed by atoms with Crippen molar-refractivity contribution in [3.8, 4) is 17.3 Å². The van der Waals surface area contributed by atoms with Crippen LogP contribution in [0, 0.1) is 11.6 Å². The Morgan fingerprint density at radius 1 is 0.586 bits per heavy atom. The van der Waals surface area contributed by atoms with E-state index in [1.807, 2.05) is 24.3 Å². The first-order chi connectivity index (χ1) is 14.3. The van der Waals surface area contributed by atoms with Gasteiger partial charge in [-0.1, -0.05) is 0 Å². The van der Waals surface area contributed by atoms with Crippen molar-refractivity contribution in [3.63, 3.8) is 0 Å². The molecule has 0 N–H and O–H groups in total. The monoisotopic (exact) mass is 394 g/mol. The van der Waals surface area contributed by atoms with E-state index in [-0.39, 0.29) is 0 Å². The Bertz CT molecular complexity index is 1030. The minimum absolute atomic E-state index is 0.822. The van der Waals surface area contributed by atoms with Crippen LogP contribution in [0.4, 0.5) is 0 Å². The summed E-state index contributed by atoms with van der Waals surface area (Å²) in [5.41, 5.74) is 4.75. The van der Waals surface area contributed by atoms with Crippen LogP contribution >= 0.6 is 7.26 Å². The maximum atomic E-state index is 5.38. The van der Waals surface area contributed by atoms with E-state index in [9.17, 15) is 0 Å². The van der Waals surface area contributed by atoms with Crippen LogP contribution < -0.4 is 20.7 Å². The van der Waals surface area contributed by atoms with Gasteiger partial charge in [0.05, 0.1) is 0 Å². The molecule has 0 aliphatic carbocycles. The van der Waals surface area contributed by atoms with Gasteiger partial charge in [-0.05, 0) is 0 Å². The van der Waals surface area contributed by atoms with Gasteiger partial charge in [0.15, 0.2) is 0 Å². The normalized spacial score (nSPS) is 11.2. The van der Waals surface area contributed by atoms with E-state index in [0.29, 0.717) is 0 Å². The predicted octanol–water partition coefficient (Wildman–Crippen LogP) is 4.73. The molecule has 0 heterocycles. The summed E-state index contributed by atoms with van der Waals surface area (Å²) in [6, 6.07) is 40.1. The molecule has 142 valence electrons. The third-order valence-electron chi connectivity index (χ3n) is 5.08. The Morgan fingerprint density at radius 2 is 1.07 bits per heavy atom. The Morgan fingerprint density at radius 3 is 1.52 bits per heavy atom. The molecule has 29 heavy (non-hydrogen) atoms. The van der Waals surface area contributed by atoms with Gasteiger partial charge in [0.1, 0.15) is 0 Å². The van der Waals surface area contributed by atoms with Gasteiger partial charge in [0.2, 0.25) is 0 Å². The van der Waals surface area contributed by atoms with Crippen LogP contribution in [0.15, 0.2) is 115 Å². The molecule has 0 bridgehead atoms. The number of hydrogen-bond acceptors (Lipinski definition) is 1. The number of methoxy groups -OCH3 is 1. The molecule has 0 saturated carbocycles. The molecule has 0 fully saturated rings. The van der Waals surface area contributed by atoms with Crippen LogP contribution in [-0.4, -0.2) is 7.11 Å². The van der Waals surface area contributed by atoms with Gasteiger partial charge in [0, 0.05) is 0 Å². The number of ether oxygens (including phenoxy) is 1. The SMILES string of the molecule is COc1cccc(C#C[PH](c2ccccc2)(c2ccccc2)c2ccccc2)c1. The fourth-order valence-corrected chi connectivity index (χ4v) is 7.49. The van der Waals surface area contributed by atoms with Crippen LogP contribution in [-0.2, 0) is 0 Å². The molecule has 0 aromatic heterocycles. The molecule has 1 nitrogen and oxygen atoms in total. The van der Waals surface area contributed by atoms with Gasteiger partial charge in [-0.3, -0.25) is 0 Å². The van der Waals surface area contributed by atoms with E-state index in [1.165, 1.54) is 15.9 Å². The molecule has 4 aromatic carbocycles. The van der Waals surface area contributed by atoms with Crippen LogP contribution in [0.5, 0.6) is 5.75 Å². The Balaban J connectivity index is 2.00. The van der Waals surface area contributed by atoms with E-state index >= 15 is 0 Å². The minimum atomic E-state index is -2.54. The second kappa shape index (κ2) is 8.78. The van der Waals surface area contributed by atoms with Crippen molar-refractivity contribution in [1.82, 2.24) is 0 Å². The third-order valence-corrected chi connectivity index (χ3v) is 9.18. The second-order valence-electron chi connectivity index (χ2n) is 6.83. The molecule has 4 rings (SSSR count). The molecule has 0 radical (unpaired) electrons. The summed E-state index contributed by atoms with van der Waals surface area (Å²) in [5.74, 6) is 4.31. The fraction of sp³-hybridized carbons (Fsp3) is 0.0370. The van der Waals surface area contributed by atoms with Crippen molar-refractivity contribution in [2.45, 2.75) is 0 Å². The van der Waals surface area contributed by atoms with Crippen molar-refractivity contribution in [2.75, 3.05) is 7.11 Å². The van der Waals surface area contributed by atoms with Crippen LogP contribution in [0.3, 0.4) is 0 Å². The Hall–Kier alpha value is -3.33. The van der Waals surface area contributed by atoms with Crippen LogP contribution in [0.25, 0.3) is 0 Å². The van der Waals surface area contributed by atoms with Gasteiger partial charge in [-0.15, -0.1) is 0 Å². The zero-order valence-electron chi connectivity index (χ0n) is 16.4. The summed E-state index contributed by atoms with van der Waals surface area (Å²) < 4.78 is 5.38. The van der Waals surface area contributed by atoms with Crippen molar-refractivity contribution in [1.29, 1.82) is 0 Å². The number of rotatable bonds is 4. The van der Waals surface area contributed by atoms with Gasteiger partial charge >= 0.3 is 173 Å². The summed E-state index contributed by atoms with van der Waals surface area (Å²) in [5, 5.41) is 3.85. The molecular weight excluding hydrogens is 371 g/mol. The molecule has 0 unspecified atom stereocenters. The van der Waals surface area contributed by atoms with E-state index < -0.39 is 7.26 Å². The van der Waals surface area contributed by atoms with E-state index in [4.69, 9.17) is 4.74 Å². The molecule has 0 saturated heterocycles. The fourth-order valence-electron chi connectivity index (χ4n) is 3.65. The van der Waals surface area contributed by atoms with Crippen LogP contribution in [0.2, 0.25) is 0 Å². The Labute approximate surface area is 173 Å². The Kier molecular flexibility index (Phi) is 5.76. The summed E-state index contributed by atoms with van der Waals surface area (Å²) in [7, 11) is -0.852. The van der Waals surface area contributed by atoms with Crippen molar-refractivity contribution >= 4 is 23.2 Å². The molecule has 4 aromatic rings. The van der Waals surface area contributed by atoms with E-state index in [1.54, 1.807) is 7.11 Å². The molecule has 2 heteroatoms. The third kappa shape index (κ3) is 3.95. The second-order valence-corrected chi connectivity index (χ2v) is 10.3. The van der Waals surface area contributed by atoms with Gasteiger partial charge in [-0.25, -0.2) is 0 Å². The molecule has 0 amide bonds. The summed E-state index contributed by atoms with van der Waals surface area (Å²) in [6.07, 6.45) is 0. The van der Waals surface area contributed by atoms with E-state index in [2.05, 4.69) is 103 Å². The standard InChI is InChI=1S/C27H23OP/c1-28-24-13-11-12-23(22-24)20-21-29(25-14-5-2-6-15-25,26-16-7-3-8-17-26)27-18-9-4-10-19-27/h2-19,22,29H,1H3. The van der Waals surface area contributed by atoms with Crippen molar-refractivity contribution < 1.29 is 4.74 Å². The summed E-state index contributed by atoms with van der Waals surface area (Å²) in [6.45, 7) is 0. The topological polar surface area (TPSA) is 9.23 Å². The molecule has 0 aliphatic heterocycles. The summed E-state index contributed by atoms with van der Waals surface area (Å²) in [4.78, 5) is 0. The average Bonchev–Trinajstić information content (AvgIpc) is 2.82. The van der Waals surface area contributed by atoms with E-state index in [0.717, 1.165) is 11.3 Å². The number of hydrogen-bond donors (Lipinski definition) is 0. The first-order valence-electron chi connectivity index (χ1n) is 9.67. The molecule has 0 spiro atoms. The zero-order chi connectivity index (χ0) is 19.9. The van der Waals surface area contributed by atoms with Gasteiger partial charge < -0.3 is 0 Å². The molecule has 0 atom stereocenters. The zero-order valence-corrected chi connectivity index (χ0v) is 17.4. The van der Waals surface area contributed by atoms with Crippen LogP contribution in [0.1, 0.15) is 5.56 Å².